The molecule has 0 amide bonds. The number of alkyl halides is 2. The van der Waals surface area contributed by atoms with Gasteiger partial charge in [-0.05, 0) is 31.5 Å². The lowest BCUT2D eigenvalue weighted by Gasteiger charge is -2.22. The summed E-state index contributed by atoms with van der Waals surface area (Å²) in [6, 6.07) is 1.68. The highest BCUT2D eigenvalue weighted by atomic mass is 19.3. The van der Waals surface area contributed by atoms with Gasteiger partial charge in [-0.1, -0.05) is 6.07 Å². The first-order chi connectivity index (χ1) is 9.34. The van der Waals surface area contributed by atoms with Crippen LogP contribution in [-0.2, 0) is 9.53 Å². The highest BCUT2D eigenvalue weighted by Gasteiger charge is 2.47. The number of hydrogen-bond donors (Lipinski definition) is 2. The maximum atomic E-state index is 13.8. The Balaban J connectivity index is 3.04. The number of aromatic hydroxyl groups is 1. The summed E-state index contributed by atoms with van der Waals surface area (Å²) in [4.78, 5) is 11.2. The summed E-state index contributed by atoms with van der Waals surface area (Å²) in [6.45, 7) is 3.19. The first-order valence-corrected chi connectivity index (χ1v) is 6.10. The number of phenols is 1. The summed E-state index contributed by atoms with van der Waals surface area (Å²) < 4.78 is 37.0. The van der Waals surface area contributed by atoms with Crippen LogP contribution in [0.25, 0.3) is 0 Å². The van der Waals surface area contributed by atoms with E-state index in [9.17, 15) is 18.7 Å². The number of nitrogens with two attached hydrogens (primary N) is 1. The van der Waals surface area contributed by atoms with Crippen molar-refractivity contribution in [3.63, 3.8) is 0 Å². The van der Waals surface area contributed by atoms with Crippen LogP contribution in [0.2, 0.25) is 0 Å². The quantitative estimate of drug-likeness (QED) is 0.783. The van der Waals surface area contributed by atoms with E-state index in [-0.39, 0.29) is 30.3 Å². The standard InChI is InChI=1S/C13H17F2NO4/c1-3-19-10-7-8(5-6-9(10)17)11(16)13(14,15)12(18)20-4-2/h5-7,11,17H,3-4,16H2,1-2H3/t11-/m0/s1. The van der Waals surface area contributed by atoms with Crippen LogP contribution >= 0.6 is 0 Å². The fourth-order valence-corrected chi connectivity index (χ4v) is 1.56. The summed E-state index contributed by atoms with van der Waals surface area (Å²) in [6.07, 6.45) is 0. The first kappa shape index (κ1) is 16.2. The fraction of sp³-hybridized carbons (Fsp3) is 0.462. The largest absolute Gasteiger partial charge is 0.504 e. The second-order valence-electron chi connectivity index (χ2n) is 3.98. The van der Waals surface area contributed by atoms with E-state index in [0.29, 0.717) is 0 Å². The number of halogens is 2. The predicted octanol–water partition coefficient (Wildman–Crippen LogP) is 1.99. The van der Waals surface area contributed by atoms with Crippen molar-refractivity contribution in [2.75, 3.05) is 13.2 Å². The smallest absolute Gasteiger partial charge is 0.379 e. The van der Waals surface area contributed by atoms with Gasteiger partial charge in [-0.2, -0.15) is 8.78 Å². The van der Waals surface area contributed by atoms with Crippen LogP contribution in [-0.4, -0.2) is 30.2 Å². The second kappa shape index (κ2) is 6.51. The minimum atomic E-state index is -3.86. The molecule has 0 saturated carbocycles. The summed E-state index contributed by atoms with van der Waals surface area (Å²) in [5.74, 6) is -5.71. The minimum absolute atomic E-state index is 0.0279. The van der Waals surface area contributed by atoms with Gasteiger partial charge in [0.25, 0.3) is 0 Å². The van der Waals surface area contributed by atoms with E-state index < -0.39 is 17.9 Å². The van der Waals surface area contributed by atoms with Crippen LogP contribution < -0.4 is 10.5 Å². The van der Waals surface area contributed by atoms with E-state index in [2.05, 4.69) is 4.74 Å². The van der Waals surface area contributed by atoms with Crippen LogP contribution in [0, 0.1) is 0 Å². The molecule has 0 aliphatic heterocycles. The van der Waals surface area contributed by atoms with Crippen molar-refractivity contribution < 1.29 is 28.2 Å². The number of rotatable bonds is 6. The molecule has 7 heteroatoms. The Hall–Kier alpha value is -1.89. The Morgan fingerprint density at radius 3 is 2.60 bits per heavy atom. The van der Waals surface area contributed by atoms with Crippen molar-refractivity contribution >= 4 is 5.97 Å². The molecule has 0 saturated heterocycles. The van der Waals surface area contributed by atoms with Crippen molar-refractivity contribution in [2.45, 2.75) is 25.8 Å². The second-order valence-corrected chi connectivity index (χ2v) is 3.98. The summed E-state index contributed by atoms with van der Waals surface area (Å²) in [7, 11) is 0. The number of hydrogen-bond acceptors (Lipinski definition) is 5. The predicted molar refractivity (Wildman–Crippen MR) is 67.8 cm³/mol. The molecule has 1 aromatic rings. The van der Waals surface area contributed by atoms with Crippen molar-refractivity contribution in [3.05, 3.63) is 23.8 Å². The van der Waals surface area contributed by atoms with Gasteiger partial charge in [0.2, 0.25) is 0 Å². The third-order valence-electron chi connectivity index (χ3n) is 2.58. The lowest BCUT2D eigenvalue weighted by atomic mass is 10.0. The van der Waals surface area contributed by atoms with Gasteiger partial charge in [-0.25, -0.2) is 4.79 Å². The highest BCUT2D eigenvalue weighted by Crippen LogP contribution is 2.35. The van der Waals surface area contributed by atoms with E-state index in [1.165, 1.54) is 25.1 Å². The Kier molecular flexibility index (Phi) is 5.26. The molecule has 0 radical (unpaired) electrons. The molecule has 112 valence electrons. The van der Waals surface area contributed by atoms with Crippen molar-refractivity contribution in [3.8, 4) is 11.5 Å². The average molecular weight is 289 g/mol. The lowest BCUT2D eigenvalue weighted by molar-refractivity contribution is -0.174. The van der Waals surface area contributed by atoms with Crippen LogP contribution in [0.4, 0.5) is 8.78 Å². The van der Waals surface area contributed by atoms with Crippen molar-refractivity contribution in [1.29, 1.82) is 0 Å². The van der Waals surface area contributed by atoms with E-state index in [4.69, 9.17) is 10.5 Å². The zero-order valence-electron chi connectivity index (χ0n) is 11.2. The van der Waals surface area contributed by atoms with E-state index in [0.717, 1.165) is 0 Å². The molecule has 0 aliphatic carbocycles. The number of carbonyl (C=O) groups is 1. The van der Waals surface area contributed by atoms with Crippen LogP contribution in [0.3, 0.4) is 0 Å². The van der Waals surface area contributed by atoms with Crippen LogP contribution in [0.5, 0.6) is 11.5 Å². The van der Waals surface area contributed by atoms with Gasteiger partial charge in [-0.3, -0.25) is 0 Å². The SMILES string of the molecule is CCOC(=O)C(F)(F)[C@@H](N)c1ccc(O)c(OCC)c1. The van der Waals surface area contributed by atoms with Crippen LogP contribution in [0.15, 0.2) is 18.2 Å². The lowest BCUT2D eigenvalue weighted by Crippen LogP contribution is -2.41. The maximum absolute atomic E-state index is 13.8. The molecule has 0 aliphatic rings. The zero-order valence-corrected chi connectivity index (χ0v) is 11.2. The Bertz CT molecular complexity index is 479. The Labute approximate surface area is 115 Å². The summed E-state index contributed by atoms with van der Waals surface area (Å²) >= 11 is 0. The van der Waals surface area contributed by atoms with Gasteiger partial charge in [0.15, 0.2) is 11.5 Å². The molecule has 1 rings (SSSR count). The Morgan fingerprint density at radius 2 is 2.05 bits per heavy atom. The molecule has 1 aromatic carbocycles. The third kappa shape index (κ3) is 3.36. The average Bonchev–Trinajstić information content (AvgIpc) is 2.41. The van der Waals surface area contributed by atoms with Crippen LogP contribution in [0.1, 0.15) is 25.5 Å². The molecule has 1 atom stereocenters. The van der Waals surface area contributed by atoms with E-state index in [1.807, 2.05) is 0 Å². The molecular weight excluding hydrogens is 272 g/mol. The number of benzene rings is 1. The summed E-state index contributed by atoms with van der Waals surface area (Å²) in [5.41, 5.74) is 5.39. The van der Waals surface area contributed by atoms with Gasteiger partial charge in [-0.15, -0.1) is 0 Å². The topological polar surface area (TPSA) is 81.8 Å². The molecule has 3 N–H and O–H groups in total. The van der Waals surface area contributed by atoms with Gasteiger partial charge in [0.1, 0.15) is 6.04 Å². The number of phenolic OH excluding ortho intramolecular Hbond substituents is 1. The fourth-order valence-electron chi connectivity index (χ4n) is 1.56. The number of ether oxygens (including phenoxy) is 2. The van der Waals surface area contributed by atoms with Gasteiger partial charge >= 0.3 is 11.9 Å². The van der Waals surface area contributed by atoms with Gasteiger partial charge in [0.05, 0.1) is 13.2 Å². The van der Waals surface area contributed by atoms with E-state index in [1.54, 1.807) is 6.92 Å². The minimum Gasteiger partial charge on any atom is -0.504 e. The first-order valence-electron chi connectivity index (χ1n) is 6.10. The molecule has 0 spiro atoms. The summed E-state index contributed by atoms with van der Waals surface area (Å²) in [5, 5.41) is 9.50. The third-order valence-corrected chi connectivity index (χ3v) is 2.58. The highest BCUT2D eigenvalue weighted by molar-refractivity contribution is 5.79. The number of carbonyl (C=O) groups excluding carboxylic acids is 1. The monoisotopic (exact) mass is 289 g/mol. The number of esters is 1. The molecule has 20 heavy (non-hydrogen) atoms. The Morgan fingerprint density at radius 1 is 1.40 bits per heavy atom. The molecule has 0 aromatic heterocycles. The van der Waals surface area contributed by atoms with Crippen molar-refractivity contribution in [2.24, 2.45) is 5.73 Å². The zero-order chi connectivity index (χ0) is 15.3. The van der Waals surface area contributed by atoms with Crippen molar-refractivity contribution in [1.82, 2.24) is 0 Å². The molecule has 0 bridgehead atoms. The van der Waals surface area contributed by atoms with Gasteiger partial charge < -0.3 is 20.3 Å². The molecular formula is C13H17F2NO4. The molecule has 0 fully saturated rings. The molecule has 0 unspecified atom stereocenters. The van der Waals surface area contributed by atoms with E-state index >= 15 is 0 Å². The normalized spacial score (nSPS) is 12.8. The maximum Gasteiger partial charge on any atom is 0.379 e. The molecule has 5 nitrogen and oxygen atoms in total. The molecule has 0 heterocycles. The van der Waals surface area contributed by atoms with Gasteiger partial charge in [0, 0.05) is 0 Å².